The minimum atomic E-state index is -0.785. The molecule has 0 fully saturated rings. The highest BCUT2D eigenvalue weighted by Gasteiger charge is 2.09. The zero-order valence-electron chi connectivity index (χ0n) is 10.5. The SMILES string of the molecule is O=C(Nc1ccc(CCCl)cc1)c1cc(F)cc(F)c1. The number of aryl methyl sites for hydroxylation is 1. The topological polar surface area (TPSA) is 29.1 Å². The van der Waals surface area contributed by atoms with E-state index in [9.17, 15) is 13.6 Å². The normalized spacial score (nSPS) is 10.3. The zero-order valence-corrected chi connectivity index (χ0v) is 11.3. The fourth-order valence-electron chi connectivity index (χ4n) is 1.75. The molecule has 0 saturated carbocycles. The van der Waals surface area contributed by atoms with Crippen LogP contribution in [0.25, 0.3) is 0 Å². The van der Waals surface area contributed by atoms with E-state index >= 15 is 0 Å². The van der Waals surface area contributed by atoms with Crippen LogP contribution in [0.15, 0.2) is 42.5 Å². The standard InChI is InChI=1S/C15H12ClF2NO/c16-6-5-10-1-3-14(4-2-10)19-15(20)11-7-12(17)9-13(18)8-11/h1-4,7-9H,5-6H2,(H,19,20). The van der Waals surface area contributed by atoms with Gasteiger partial charge < -0.3 is 5.32 Å². The van der Waals surface area contributed by atoms with E-state index in [4.69, 9.17) is 11.6 Å². The number of alkyl halides is 1. The minimum absolute atomic E-state index is 0.0627. The van der Waals surface area contributed by atoms with Gasteiger partial charge in [-0.25, -0.2) is 8.78 Å². The molecule has 0 saturated heterocycles. The number of rotatable bonds is 4. The lowest BCUT2D eigenvalue weighted by Gasteiger charge is -2.06. The van der Waals surface area contributed by atoms with E-state index in [2.05, 4.69) is 5.32 Å². The first-order valence-corrected chi connectivity index (χ1v) is 6.54. The second-order valence-electron chi connectivity index (χ2n) is 4.25. The first-order chi connectivity index (χ1) is 9.58. The number of benzene rings is 2. The quantitative estimate of drug-likeness (QED) is 0.849. The molecule has 0 spiro atoms. The first-order valence-electron chi connectivity index (χ1n) is 6.01. The van der Waals surface area contributed by atoms with Crippen molar-refractivity contribution in [3.63, 3.8) is 0 Å². The molecular weight excluding hydrogens is 284 g/mol. The molecule has 2 aromatic carbocycles. The maximum Gasteiger partial charge on any atom is 0.255 e. The fourth-order valence-corrected chi connectivity index (χ4v) is 1.97. The van der Waals surface area contributed by atoms with E-state index in [0.717, 1.165) is 30.2 Å². The van der Waals surface area contributed by atoms with E-state index < -0.39 is 17.5 Å². The first kappa shape index (κ1) is 14.5. The van der Waals surface area contributed by atoms with Crippen LogP contribution in [0.4, 0.5) is 14.5 Å². The third-order valence-corrected chi connectivity index (χ3v) is 2.91. The molecule has 0 heterocycles. The van der Waals surface area contributed by atoms with Gasteiger partial charge in [-0.2, -0.15) is 0 Å². The second kappa shape index (κ2) is 6.48. The van der Waals surface area contributed by atoms with Crippen molar-refractivity contribution in [3.05, 3.63) is 65.2 Å². The number of halogens is 3. The fraction of sp³-hybridized carbons (Fsp3) is 0.133. The third-order valence-electron chi connectivity index (χ3n) is 2.72. The Morgan fingerprint density at radius 3 is 2.20 bits per heavy atom. The van der Waals surface area contributed by atoms with Crippen LogP contribution in [0.3, 0.4) is 0 Å². The van der Waals surface area contributed by atoms with E-state index in [1.165, 1.54) is 0 Å². The maximum atomic E-state index is 13.0. The highest BCUT2D eigenvalue weighted by Crippen LogP contribution is 2.14. The molecule has 2 aromatic rings. The predicted octanol–water partition coefficient (Wildman–Crippen LogP) is 4.00. The van der Waals surface area contributed by atoms with Gasteiger partial charge in [-0.1, -0.05) is 12.1 Å². The summed E-state index contributed by atoms with van der Waals surface area (Å²) in [6.07, 6.45) is 0.741. The largest absolute Gasteiger partial charge is 0.322 e. The Balaban J connectivity index is 2.10. The molecule has 0 bridgehead atoms. The second-order valence-corrected chi connectivity index (χ2v) is 4.63. The summed E-state index contributed by atoms with van der Waals surface area (Å²) in [7, 11) is 0. The van der Waals surface area contributed by atoms with E-state index in [0.29, 0.717) is 11.6 Å². The summed E-state index contributed by atoms with van der Waals surface area (Å²) in [6.45, 7) is 0. The molecule has 0 atom stereocenters. The molecule has 0 unspecified atom stereocenters. The number of carbonyl (C=O) groups excluding carboxylic acids is 1. The monoisotopic (exact) mass is 295 g/mol. The van der Waals surface area contributed by atoms with Crippen LogP contribution in [0.2, 0.25) is 0 Å². The van der Waals surface area contributed by atoms with Gasteiger partial charge in [0, 0.05) is 23.2 Å². The van der Waals surface area contributed by atoms with Gasteiger partial charge in [0.05, 0.1) is 0 Å². The van der Waals surface area contributed by atoms with Crippen LogP contribution in [-0.2, 0) is 6.42 Å². The predicted molar refractivity (Wildman–Crippen MR) is 75.2 cm³/mol. The van der Waals surface area contributed by atoms with E-state index in [1.807, 2.05) is 12.1 Å². The van der Waals surface area contributed by atoms with Crippen LogP contribution in [0.5, 0.6) is 0 Å². The molecule has 1 amide bonds. The van der Waals surface area contributed by atoms with Gasteiger partial charge in [0.1, 0.15) is 11.6 Å². The van der Waals surface area contributed by atoms with Crippen LogP contribution >= 0.6 is 11.6 Å². The molecule has 5 heteroatoms. The molecule has 0 aliphatic heterocycles. The van der Waals surface area contributed by atoms with Gasteiger partial charge in [0.25, 0.3) is 5.91 Å². The van der Waals surface area contributed by atoms with Gasteiger partial charge in [0.15, 0.2) is 0 Å². The lowest BCUT2D eigenvalue weighted by molar-refractivity contribution is 0.102. The smallest absolute Gasteiger partial charge is 0.255 e. The molecule has 20 heavy (non-hydrogen) atoms. The van der Waals surface area contributed by atoms with Crippen molar-refractivity contribution in [2.24, 2.45) is 0 Å². The van der Waals surface area contributed by atoms with Crippen molar-refractivity contribution in [2.45, 2.75) is 6.42 Å². The summed E-state index contributed by atoms with van der Waals surface area (Å²) >= 11 is 5.63. The number of hydrogen-bond acceptors (Lipinski definition) is 1. The van der Waals surface area contributed by atoms with Gasteiger partial charge in [-0.05, 0) is 36.2 Å². The molecule has 1 N–H and O–H groups in total. The van der Waals surface area contributed by atoms with Crippen molar-refractivity contribution >= 4 is 23.2 Å². The molecule has 0 radical (unpaired) electrons. The molecule has 104 valence electrons. The van der Waals surface area contributed by atoms with E-state index in [1.54, 1.807) is 12.1 Å². The number of amides is 1. The van der Waals surface area contributed by atoms with Crippen LogP contribution in [0.1, 0.15) is 15.9 Å². The van der Waals surface area contributed by atoms with Crippen molar-refractivity contribution in [3.8, 4) is 0 Å². The van der Waals surface area contributed by atoms with Crippen molar-refractivity contribution in [1.29, 1.82) is 0 Å². The Morgan fingerprint density at radius 2 is 1.65 bits per heavy atom. The highest BCUT2D eigenvalue weighted by atomic mass is 35.5. The van der Waals surface area contributed by atoms with Crippen LogP contribution in [-0.4, -0.2) is 11.8 Å². The summed E-state index contributed by atoms with van der Waals surface area (Å²) in [5.74, 6) is -1.61. The Morgan fingerprint density at radius 1 is 1.05 bits per heavy atom. The van der Waals surface area contributed by atoms with Gasteiger partial charge in [0.2, 0.25) is 0 Å². The van der Waals surface area contributed by atoms with Crippen molar-refractivity contribution in [2.75, 3.05) is 11.2 Å². The number of hydrogen-bond donors (Lipinski definition) is 1. The average molecular weight is 296 g/mol. The Hall–Kier alpha value is -1.94. The van der Waals surface area contributed by atoms with Crippen molar-refractivity contribution < 1.29 is 13.6 Å². The number of carbonyl (C=O) groups is 1. The number of nitrogens with one attached hydrogen (secondary N) is 1. The summed E-state index contributed by atoms with van der Waals surface area (Å²) in [5, 5.41) is 2.58. The summed E-state index contributed by atoms with van der Waals surface area (Å²) < 4.78 is 26.1. The molecular formula is C15H12ClF2NO. The highest BCUT2D eigenvalue weighted by molar-refractivity contribution is 6.18. The summed E-state index contributed by atoms with van der Waals surface area (Å²) in [6, 6.07) is 9.80. The Bertz CT molecular complexity index is 594. The van der Waals surface area contributed by atoms with Gasteiger partial charge in [-0.3, -0.25) is 4.79 Å². The van der Waals surface area contributed by atoms with Crippen LogP contribution < -0.4 is 5.32 Å². The van der Waals surface area contributed by atoms with Crippen LogP contribution in [0, 0.1) is 11.6 Å². The van der Waals surface area contributed by atoms with E-state index in [-0.39, 0.29) is 5.56 Å². The minimum Gasteiger partial charge on any atom is -0.322 e. The number of anilines is 1. The lowest BCUT2D eigenvalue weighted by atomic mass is 10.1. The van der Waals surface area contributed by atoms with Gasteiger partial charge in [-0.15, -0.1) is 11.6 Å². The average Bonchev–Trinajstić information content (AvgIpc) is 2.40. The van der Waals surface area contributed by atoms with Gasteiger partial charge >= 0.3 is 0 Å². The molecule has 0 aliphatic rings. The molecule has 0 aliphatic carbocycles. The Labute approximate surface area is 120 Å². The summed E-state index contributed by atoms with van der Waals surface area (Å²) in [5.41, 5.74) is 1.54. The lowest BCUT2D eigenvalue weighted by Crippen LogP contribution is -2.12. The molecule has 0 aromatic heterocycles. The van der Waals surface area contributed by atoms with Crippen molar-refractivity contribution in [1.82, 2.24) is 0 Å². The Kier molecular flexibility index (Phi) is 4.69. The molecule has 2 rings (SSSR count). The zero-order chi connectivity index (χ0) is 14.5. The third kappa shape index (κ3) is 3.78. The molecule has 2 nitrogen and oxygen atoms in total. The maximum absolute atomic E-state index is 13.0. The summed E-state index contributed by atoms with van der Waals surface area (Å²) in [4.78, 5) is 11.9.